The number of carbonyl (C=O) groups excluding carboxylic acids is 4. The molecule has 2 N–H and O–H groups in total. The number of ketones is 1. The molecular weight excluding hydrogens is 881 g/mol. The minimum absolute atomic E-state index is 0.0803. The first-order chi connectivity index (χ1) is 31.8. The zero-order valence-electron chi connectivity index (χ0n) is 43.0. The smallest absolute Gasteiger partial charge is 0.311 e. The van der Waals surface area contributed by atoms with E-state index in [0.717, 1.165) is 0 Å². The first-order valence-electron chi connectivity index (χ1n) is 24.3. The van der Waals surface area contributed by atoms with Crippen LogP contribution in [0.15, 0.2) is 35.3 Å². The van der Waals surface area contributed by atoms with Crippen LogP contribution >= 0.6 is 0 Å². The second kappa shape index (κ2) is 22.9. The fourth-order valence-corrected chi connectivity index (χ4v) is 11.2. The van der Waals surface area contributed by atoms with E-state index in [9.17, 15) is 29.4 Å². The average molecular weight is 961 g/mol. The lowest BCUT2D eigenvalue weighted by molar-refractivity contribution is -0.321. The van der Waals surface area contributed by atoms with Crippen molar-refractivity contribution in [3.8, 4) is 0 Å². The maximum atomic E-state index is 14.9. The number of amides is 1. The minimum Gasteiger partial charge on any atom is -0.459 e. The van der Waals surface area contributed by atoms with Gasteiger partial charge in [-0.2, -0.15) is 0 Å². The number of aliphatic hydroxyl groups excluding tert-OH is 1. The van der Waals surface area contributed by atoms with Gasteiger partial charge in [0.2, 0.25) is 5.91 Å². The third-order valence-corrected chi connectivity index (χ3v) is 14.9. The molecule has 0 aliphatic carbocycles. The Morgan fingerprint density at radius 1 is 0.912 bits per heavy atom. The summed E-state index contributed by atoms with van der Waals surface area (Å²) in [6.45, 7) is 20.1. The van der Waals surface area contributed by atoms with E-state index >= 15 is 0 Å². The van der Waals surface area contributed by atoms with Crippen LogP contribution in [0.1, 0.15) is 119 Å². The van der Waals surface area contributed by atoms with Gasteiger partial charge in [0.1, 0.15) is 23.4 Å². The molecule has 4 aliphatic heterocycles. The molecule has 19 atom stereocenters. The number of Topliss-reactive ketones (excluding diaryl/α,β-unsaturated/α-hetero) is 1. The molecule has 4 aliphatic rings. The topological polar surface area (TPSA) is 207 Å². The number of esters is 2. The van der Waals surface area contributed by atoms with E-state index in [-0.39, 0.29) is 50.4 Å². The van der Waals surface area contributed by atoms with Crippen LogP contribution in [-0.4, -0.2) is 163 Å². The van der Waals surface area contributed by atoms with Crippen molar-refractivity contribution in [2.75, 3.05) is 34.4 Å². The van der Waals surface area contributed by atoms with Gasteiger partial charge >= 0.3 is 11.9 Å². The molecule has 1 aromatic carbocycles. The summed E-state index contributed by atoms with van der Waals surface area (Å²) >= 11 is 0. The van der Waals surface area contributed by atoms with E-state index in [1.54, 1.807) is 52.0 Å². The predicted molar refractivity (Wildman–Crippen MR) is 251 cm³/mol. The zero-order chi connectivity index (χ0) is 50.6. The molecule has 1 aromatic rings. The van der Waals surface area contributed by atoms with Crippen molar-refractivity contribution in [2.24, 2.45) is 34.6 Å². The predicted octanol–water partition coefficient (Wildman–Crippen LogP) is 5.34. The second-order valence-electron chi connectivity index (χ2n) is 20.7. The number of hydrogen-bond acceptors (Lipinski definition) is 16. The number of aliphatic hydroxyl groups is 2. The molecule has 4 heterocycles. The van der Waals surface area contributed by atoms with Gasteiger partial charge in [0.25, 0.3) is 0 Å². The van der Waals surface area contributed by atoms with Crippen LogP contribution in [0.25, 0.3) is 0 Å². The van der Waals surface area contributed by atoms with E-state index in [2.05, 4.69) is 4.99 Å². The number of cyclic esters (lactones) is 1. The lowest BCUT2D eigenvalue weighted by Crippen LogP contribution is -2.62. The standard InChI is InChI=1S/C51H80N2O15/c1-16-38-51(12,59)45-29(4)40(52-33(8)54)27(2)23-50(11,62-26-36(25-61-45)41(56)35-20-18-17-19-21-35)44(68-48-42(57)37(53(13)14)22-28(3)63-48)30(5)43(31(6)47(58)66-38)67-39-24-49(10,60-15)46(32(7)64-39)65-34(9)55/h17-21,27-32,36-39,42-46,48,57,59H,16,22-26H2,1-15H3/t27-,28-,29+,30+,31-,32+,36?,37+,38-,39+,42-,43+,44-,45-,46+,48+,49-,50-,51-/m1/s1. The van der Waals surface area contributed by atoms with Crippen LogP contribution in [0.2, 0.25) is 0 Å². The first kappa shape index (κ1) is 55.7. The maximum Gasteiger partial charge on any atom is 0.311 e. The van der Waals surface area contributed by atoms with Crippen LogP contribution in [0, 0.1) is 29.6 Å². The van der Waals surface area contributed by atoms with Gasteiger partial charge in [-0.05, 0) is 80.8 Å². The summed E-state index contributed by atoms with van der Waals surface area (Å²) in [6.07, 6.45) is -8.87. The first-order valence-corrected chi connectivity index (χ1v) is 24.3. The summed E-state index contributed by atoms with van der Waals surface area (Å²) in [7, 11) is 5.27. The van der Waals surface area contributed by atoms with Crippen LogP contribution in [-0.2, 0) is 57.0 Å². The molecule has 68 heavy (non-hydrogen) atoms. The van der Waals surface area contributed by atoms with Crippen molar-refractivity contribution in [1.82, 2.24) is 4.90 Å². The molecule has 1 unspecified atom stereocenters. The van der Waals surface area contributed by atoms with Crippen molar-refractivity contribution < 1.29 is 72.0 Å². The Kier molecular flexibility index (Phi) is 18.7. The van der Waals surface area contributed by atoms with E-state index in [4.69, 9.17) is 42.6 Å². The second-order valence-corrected chi connectivity index (χ2v) is 20.7. The average Bonchev–Trinajstić information content (AvgIpc) is 3.29. The molecule has 0 aromatic heterocycles. The van der Waals surface area contributed by atoms with E-state index in [1.807, 2.05) is 59.7 Å². The molecule has 17 heteroatoms. The van der Waals surface area contributed by atoms with E-state index < -0.39 is 120 Å². The highest BCUT2D eigenvalue weighted by molar-refractivity contribution is 5.98. The zero-order valence-corrected chi connectivity index (χ0v) is 43.0. The Morgan fingerprint density at radius 3 is 2.16 bits per heavy atom. The van der Waals surface area contributed by atoms with Crippen molar-refractivity contribution in [3.63, 3.8) is 0 Å². The lowest BCUT2D eigenvalue weighted by atomic mass is 9.73. The van der Waals surface area contributed by atoms with Gasteiger partial charge in [-0.1, -0.05) is 58.0 Å². The highest BCUT2D eigenvalue weighted by Gasteiger charge is 2.56. The number of hydrogen-bond donors (Lipinski definition) is 2. The Balaban J connectivity index is 1.78. The molecule has 2 bridgehead atoms. The third kappa shape index (κ3) is 12.4. The number of likely N-dealkylation sites (N-methyl/N-ethyl adjacent to an activating group) is 1. The Labute approximate surface area is 403 Å². The summed E-state index contributed by atoms with van der Waals surface area (Å²) < 4.78 is 59.1. The summed E-state index contributed by atoms with van der Waals surface area (Å²) in [5.41, 5.74) is -3.59. The van der Waals surface area contributed by atoms with Crippen LogP contribution in [0.4, 0.5) is 0 Å². The van der Waals surface area contributed by atoms with Crippen LogP contribution in [0.3, 0.4) is 0 Å². The van der Waals surface area contributed by atoms with Crippen LogP contribution in [0.5, 0.6) is 0 Å². The Hall–Kier alpha value is -3.23. The minimum atomic E-state index is -1.90. The fourth-order valence-electron chi connectivity index (χ4n) is 11.2. The monoisotopic (exact) mass is 961 g/mol. The maximum absolute atomic E-state index is 14.9. The molecule has 384 valence electrons. The molecule has 0 spiro atoms. The number of methoxy groups -OCH3 is 1. The van der Waals surface area contributed by atoms with Gasteiger partial charge in [0.15, 0.2) is 24.5 Å². The molecular formula is C51H80N2O15. The highest BCUT2D eigenvalue weighted by atomic mass is 16.7. The normalized spacial score (nSPS) is 42.9. The largest absolute Gasteiger partial charge is 0.459 e. The molecule has 1 amide bonds. The summed E-state index contributed by atoms with van der Waals surface area (Å²) in [5.74, 6) is -6.11. The van der Waals surface area contributed by atoms with Gasteiger partial charge in [0, 0.05) is 56.5 Å². The van der Waals surface area contributed by atoms with Crippen LogP contribution < -0.4 is 0 Å². The van der Waals surface area contributed by atoms with Crippen molar-refractivity contribution in [3.05, 3.63) is 35.9 Å². The highest BCUT2D eigenvalue weighted by Crippen LogP contribution is 2.44. The number of benzene rings is 1. The van der Waals surface area contributed by atoms with Gasteiger partial charge < -0.3 is 57.7 Å². The van der Waals surface area contributed by atoms with E-state index in [1.165, 1.54) is 27.9 Å². The van der Waals surface area contributed by atoms with Gasteiger partial charge in [0.05, 0.1) is 61.2 Å². The Morgan fingerprint density at radius 2 is 1.57 bits per heavy atom. The van der Waals surface area contributed by atoms with Crippen molar-refractivity contribution in [1.29, 1.82) is 0 Å². The number of aliphatic imine (C=N–C) groups is 1. The molecule has 17 nitrogen and oxygen atoms in total. The molecule has 0 saturated carbocycles. The summed E-state index contributed by atoms with van der Waals surface area (Å²) in [6, 6.07) is 8.44. The molecule has 4 saturated heterocycles. The van der Waals surface area contributed by atoms with Gasteiger partial charge in [-0.15, -0.1) is 0 Å². The number of fused-ring (bicyclic) bond motifs is 5. The van der Waals surface area contributed by atoms with Gasteiger partial charge in [-0.3, -0.25) is 19.2 Å². The van der Waals surface area contributed by atoms with Gasteiger partial charge in [-0.25, -0.2) is 4.99 Å². The van der Waals surface area contributed by atoms with Crippen molar-refractivity contribution in [2.45, 2.75) is 193 Å². The third-order valence-electron chi connectivity index (χ3n) is 14.9. The van der Waals surface area contributed by atoms with E-state index in [0.29, 0.717) is 17.7 Å². The lowest BCUT2D eigenvalue weighted by Gasteiger charge is -2.50. The molecule has 0 radical (unpaired) electrons. The number of carbonyl (C=O) groups is 4. The molecule has 5 rings (SSSR count). The Bertz CT molecular complexity index is 1910. The summed E-state index contributed by atoms with van der Waals surface area (Å²) in [4.78, 5) is 61.4. The summed E-state index contributed by atoms with van der Waals surface area (Å²) in [5, 5.41) is 24.9. The SMILES string of the molecule is CC[C@H]1OC(=O)[C@H](C)[C@@H](O[C@H]2C[C@@](C)(OC)[C@@H](OC(C)=O)[C@H](C)O2)[C@H](C)[C@@H](O[C@@H]2O[C@H](C)C[C@H](N(C)C)[C@H]2O)[C@@]2(C)C[C@@H](C)C(=NC(C)=O)[C@H](C)[C@@H](OCC(C(=O)c3ccccc3)CO2)[C@]1(C)O. The number of ether oxygens (including phenoxy) is 9. The quantitative estimate of drug-likeness (QED) is 0.224. The van der Waals surface area contributed by atoms with Crippen molar-refractivity contribution >= 4 is 29.3 Å². The molecule has 4 fully saturated rings. The number of nitrogens with zero attached hydrogens (tertiary/aromatic N) is 2. The fraction of sp³-hybridized carbons (Fsp3) is 0.784. The number of rotatable bonds is 10.